The maximum Gasteiger partial charge on any atom is 0.400 e. The topological polar surface area (TPSA) is 54.0 Å². The van der Waals surface area contributed by atoms with Crippen LogP contribution in [0.5, 0.6) is 0 Å². The van der Waals surface area contributed by atoms with E-state index in [-0.39, 0.29) is 31.9 Å². The van der Waals surface area contributed by atoms with E-state index in [1.54, 1.807) is 30.6 Å². The average molecular weight is 484 g/mol. The number of alkyl halides is 3. The zero-order valence-corrected chi connectivity index (χ0v) is 17.9. The maximum atomic E-state index is 14.3. The summed E-state index contributed by atoms with van der Waals surface area (Å²) in [4.78, 5) is 4.20. The summed E-state index contributed by atoms with van der Waals surface area (Å²) in [5.41, 5.74) is -0.938. The molecule has 1 atom stereocenters. The van der Waals surface area contributed by atoms with E-state index in [1.165, 1.54) is 22.9 Å². The van der Waals surface area contributed by atoms with Crippen molar-refractivity contribution < 1.29 is 13.2 Å². The van der Waals surface area contributed by atoms with Crippen molar-refractivity contribution in [2.24, 2.45) is 4.99 Å². The van der Waals surface area contributed by atoms with Gasteiger partial charge < -0.3 is 0 Å². The molecule has 0 amide bonds. The number of halogens is 6. The lowest BCUT2D eigenvalue weighted by atomic mass is 9.76. The largest absolute Gasteiger partial charge is 0.400 e. The van der Waals surface area contributed by atoms with Gasteiger partial charge in [0.15, 0.2) is 0 Å². The number of aromatic nitrogens is 2. The molecule has 0 saturated carbocycles. The zero-order valence-electron chi connectivity index (χ0n) is 15.6. The van der Waals surface area contributed by atoms with E-state index in [2.05, 4.69) is 16.2 Å². The first-order valence-electron chi connectivity index (χ1n) is 8.96. The predicted octanol–water partition coefficient (Wildman–Crippen LogP) is 6.40. The van der Waals surface area contributed by atoms with E-state index in [0.29, 0.717) is 11.3 Å². The van der Waals surface area contributed by atoms with Crippen LogP contribution in [-0.4, -0.2) is 28.2 Å². The Morgan fingerprint density at radius 1 is 1.10 bits per heavy atom. The highest BCUT2D eigenvalue weighted by molar-refractivity contribution is 6.48. The second-order valence-electron chi connectivity index (χ2n) is 7.07. The molecule has 1 aliphatic heterocycles. The van der Waals surface area contributed by atoms with Gasteiger partial charge in [0.05, 0.1) is 32.9 Å². The first kappa shape index (κ1) is 21.7. The summed E-state index contributed by atoms with van der Waals surface area (Å²) in [6.45, 7) is -0.525. The minimum atomic E-state index is -4.62. The van der Waals surface area contributed by atoms with Crippen LogP contribution >= 0.6 is 34.8 Å². The van der Waals surface area contributed by atoms with Gasteiger partial charge in [-0.05, 0) is 41.5 Å². The van der Waals surface area contributed by atoms with E-state index >= 15 is 0 Å². The van der Waals surface area contributed by atoms with Crippen molar-refractivity contribution in [1.82, 2.24) is 9.78 Å². The van der Waals surface area contributed by atoms with Gasteiger partial charge in [0.25, 0.3) is 0 Å². The summed E-state index contributed by atoms with van der Waals surface area (Å²) >= 11 is 17.9. The Kier molecular flexibility index (Phi) is 5.50. The third-order valence-electron chi connectivity index (χ3n) is 5.29. The fourth-order valence-corrected chi connectivity index (χ4v) is 4.21. The van der Waals surface area contributed by atoms with Gasteiger partial charge in [-0.2, -0.15) is 23.5 Å². The maximum absolute atomic E-state index is 14.3. The summed E-state index contributed by atoms with van der Waals surface area (Å²) in [6.07, 6.45) is -1.80. The fourth-order valence-electron chi connectivity index (χ4n) is 3.62. The molecule has 4 rings (SSSR count). The standard InChI is InChI=1S/C21H12Cl3F3N4/c22-15-7-14(8-16(23)19(15)24)20(21(25,26)27)9-17(29-11-20)12-2-3-18(13(6-12)10-28)31-5-1-4-30-31/h1-8H,9,11H2. The molecule has 0 spiro atoms. The molecule has 0 N–H and O–H groups in total. The van der Waals surface area contributed by atoms with Crippen LogP contribution in [0, 0.1) is 11.3 Å². The van der Waals surface area contributed by atoms with Crippen LogP contribution in [0.2, 0.25) is 15.1 Å². The first-order chi connectivity index (χ1) is 14.7. The lowest BCUT2D eigenvalue weighted by molar-refractivity contribution is -0.183. The Morgan fingerprint density at radius 3 is 2.39 bits per heavy atom. The van der Waals surface area contributed by atoms with E-state index in [0.717, 1.165) is 0 Å². The van der Waals surface area contributed by atoms with Crippen LogP contribution in [0.4, 0.5) is 13.2 Å². The summed E-state index contributed by atoms with van der Waals surface area (Å²) in [5, 5.41) is 13.5. The molecule has 3 aromatic rings. The number of rotatable bonds is 3. The normalized spacial score (nSPS) is 18.7. The third kappa shape index (κ3) is 3.69. The fraction of sp³-hybridized carbons (Fsp3) is 0.190. The lowest BCUT2D eigenvalue weighted by Crippen LogP contribution is -2.43. The molecule has 0 aliphatic carbocycles. The van der Waals surface area contributed by atoms with Gasteiger partial charge in [-0.3, -0.25) is 4.99 Å². The third-order valence-corrected chi connectivity index (χ3v) is 6.49. The Bertz CT molecular complexity index is 1210. The highest BCUT2D eigenvalue weighted by Crippen LogP contribution is 2.49. The SMILES string of the molecule is N#Cc1cc(C2=NCC(c3cc(Cl)c(Cl)c(Cl)c3)(C(F)(F)F)C2)ccc1-n1cccn1. The molecule has 1 aromatic heterocycles. The van der Waals surface area contributed by atoms with Gasteiger partial charge in [-0.25, -0.2) is 4.68 Å². The molecule has 0 radical (unpaired) electrons. The molecule has 0 fully saturated rings. The van der Waals surface area contributed by atoms with Gasteiger partial charge >= 0.3 is 6.18 Å². The zero-order chi connectivity index (χ0) is 22.4. The summed E-state index contributed by atoms with van der Waals surface area (Å²) in [5.74, 6) is 0. The van der Waals surface area contributed by atoms with Gasteiger partial charge in [0.2, 0.25) is 0 Å². The van der Waals surface area contributed by atoms with Crippen molar-refractivity contribution in [3.8, 4) is 11.8 Å². The van der Waals surface area contributed by atoms with Gasteiger partial charge in [-0.15, -0.1) is 0 Å². The lowest BCUT2D eigenvalue weighted by Gasteiger charge is -2.32. The molecule has 0 saturated heterocycles. The number of nitriles is 1. The minimum Gasteiger partial charge on any atom is -0.288 e. The molecule has 2 aromatic carbocycles. The number of hydrogen-bond acceptors (Lipinski definition) is 3. The second kappa shape index (κ2) is 7.86. The molecule has 4 nitrogen and oxygen atoms in total. The van der Waals surface area contributed by atoms with Crippen molar-refractivity contribution in [3.63, 3.8) is 0 Å². The highest BCUT2D eigenvalue weighted by Gasteiger charge is 2.58. The quantitative estimate of drug-likeness (QED) is 0.405. The van der Waals surface area contributed by atoms with Crippen LogP contribution < -0.4 is 0 Å². The molecule has 1 aliphatic rings. The van der Waals surface area contributed by atoms with Gasteiger partial charge in [0, 0.05) is 24.5 Å². The molecular formula is C21H12Cl3F3N4. The van der Waals surface area contributed by atoms with Gasteiger partial charge in [0.1, 0.15) is 11.5 Å². The number of aliphatic imine (C=N–C) groups is 1. The first-order valence-corrected chi connectivity index (χ1v) is 10.1. The average Bonchev–Trinajstić information content (AvgIpc) is 3.41. The summed E-state index contributed by atoms with van der Waals surface area (Å²) in [6, 6.07) is 10.9. The monoisotopic (exact) mass is 482 g/mol. The van der Waals surface area contributed by atoms with Crippen LogP contribution in [0.1, 0.15) is 23.1 Å². The van der Waals surface area contributed by atoms with Crippen molar-refractivity contribution in [3.05, 3.63) is 80.6 Å². The van der Waals surface area contributed by atoms with Crippen molar-refractivity contribution in [2.45, 2.75) is 18.0 Å². The van der Waals surface area contributed by atoms with Crippen LogP contribution in [0.3, 0.4) is 0 Å². The van der Waals surface area contributed by atoms with Crippen LogP contribution in [0.25, 0.3) is 5.69 Å². The minimum absolute atomic E-state index is 0.00332. The molecule has 10 heteroatoms. The molecule has 0 bridgehead atoms. The number of benzene rings is 2. The Labute approximate surface area is 190 Å². The van der Waals surface area contributed by atoms with Crippen molar-refractivity contribution in [1.29, 1.82) is 5.26 Å². The summed E-state index contributed by atoms with van der Waals surface area (Å²) < 4.78 is 44.4. The van der Waals surface area contributed by atoms with E-state index < -0.39 is 24.6 Å². The predicted molar refractivity (Wildman–Crippen MR) is 114 cm³/mol. The number of hydrogen-bond donors (Lipinski definition) is 0. The smallest absolute Gasteiger partial charge is 0.288 e. The Hall–Kier alpha value is -2.53. The van der Waals surface area contributed by atoms with E-state index in [4.69, 9.17) is 34.8 Å². The second-order valence-corrected chi connectivity index (χ2v) is 8.26. The van der Waals surface area contributed by atoms with Crippen molar-refractivity contribution >= 4 is 40.5 Å². The van der Waals surface area contributed by atoms with Crippen molar-refractivity contribution in [2.75, 3.05) is 6.54 Å². The molecule has 31 heavy (non-hydrogen) atoms. The Morgan fingerprint density at radius 2 is 1.81 bits per heavy atom. The van der Waals surface area contributed by atoms with E-state index in [1.807, 2.05) is 0 Å². The van der Waals surface area contributed by atoms with E-state index in [9.17, 15) is 18.4 Å². The van der Waals surface area contributed by atoms with Gasteiger partial charge in [-0.1, -0.05) is 40.9 Å². The molecule has 2 heterocycles. The molecule has 158 valence electrons. The molecular weight excluding hydrogens is 472 g/mol. The number of nitrogens with zero attached hydrogens (tertiary/aromatic N) is 4. The Balaban J connectivity index is 1.75. The highest BCUT2D eigenvalue weighted by atomic mass is 35.5. The van der Waals surface area contributed by atoms with Crippen LogP contribution in [-0.2, 0) is 5.41 Å². The summed E-state index contributed by atoms with van der Waals surface area (Å²) in [7, 11) is 0. The van der Waals surface area contributed by atoms with Crippen LogP contribution in [0.15, 0.2) is 53.8 Å². The molecule has 1 unspecified atom stereocenters.